The number of amides is 1. The maximum absolute atomic E-state index is 13.0. The summed E-state index contributed by atoms with van der Waals surface area (Å²) in [7, 11) is -0.565. The predicted octanol–water partition coefficient (Wildman–Crippen LogP) is 2.25. The van der Waals surface area contributed by atoms with Crippen LogP contribution >= 0.6 is 0 Å². The minimum atomic E-state index is -0.565. The van der Waals surface area contributed by atoms with Crippen LogP contribution in [0.1, 0.15) is 57.9 Å². The number of hydrogen-bond acceptors (Lipinski definition) is 4. The largest absolute Gasteiger partial charge is 0.497 e. The minimum Gasteiger partial charge on any atom is -0.399 e. The number of piperidine rings is 1. The fourth-order valence-electron chi connectivity index (χ4n) is 3.28. The summed E-state index contributed by atoms with van der Waals surface area (Å²) in [5.41, 5.74) is 0.297. The molecule has 130 valence electrons. The molecule has 1 amide bonds. The highest BCUT2D eigenvalue weighted by molar-refractivity contribution is 6.63. The smallest absolute Gasteiger partial charge is 0.399 e. The molecule has 0 N–H and O–H groups in total. The van der Waals surface area contributed by atoms with Gasteiger partial charge in [0, 0.05) is 24.7 Å². The Balaban J connectivity index is 1.88. The average Bonchev–Trinajstić information content (AvgIpc) is 2.74. The first-order chi connectivity index (χ1) is 11.2. The van der Waals surface area contributed by atoms with Gasteiger partial charge in [-0.25, -0.2) is 0 Å². The van der Waals surface area contributed by atoms with Crippen molar-refractivity contribution in [3.8, 4) is 0 Å². The Morgan fingerprint density at radius 3 is 2.58 bits per heavy atom. The fraction of sp³-hybridized carbons (Fsp3) is 0.667. The minimum absolute atomic E-state index is 0.0214. The van der Waals surface area contributed by atoms with Gasteiger partial charge in [-0.1, -0.05) is 13.0 Å². The highest BCUT2D eigenvalue weighted by Gasteiger charge is 2.52. The molecule has 24 heavy (non-hydrogen) atoms. The van der Waals surface area contributed by atoms with Crippen LogP contribution in [0, 0.1) is 5.92 Å². The SMILES string of the molecule is CC1CCCN(C(=O)c2ncccc2B2OC(C)(C)C(C)(C)O2)C1. The summed E-state index contributed by atoms with van der Waals surface area (Å²) in [6, 6.07) is 3.71. The molecule has 3 rings (SSSR count). The van der Waals surface area contributed by atoms with E-state index in [-0.39, 0.29) is 5.91 Å². The summed E-state index contributed by atoms with van der Waals surface area (Å²) < 4.78 is 12.2. The number of hydrogen-bond donors (Lipinski definition) is 0. The summed E-state index contributed by atoms with van der Waals surface area (Å²) in [6.07, 6.45) is 3.89. The average molecular weight is 330 g/mol. The summed E-state index contributed by atoms with van der Waals surface area (Å²) >= 11 is 0. The second-order valence-electron chi connectivity index (χ2n) is 8.03. The number of nitrogens with zero attached hydrogens (tertiary/aromatic N) is 2. The third-order valence-electron chi connectivity index (χ3n) is 5.49. The Morgan fingerprint density at radius 2 is 1.96 bits per heavy atom. The zero-order chi connectivity index (χ0) is 17.5. The van der Waals surface area contributed by atoms with E-state index in [0.29, 0.717) is 11.6 Å². The van der Waals surface area contributed by atoms with Gasteiger partial charge in [-0.05, 0) is 52.5 Å². The molecule has 1 aromatic rings. The number of pyridine rings is 1. The number of aromatic nitrogens is 1. The lowest BCUT2D eigenvalue weighted by Crippen LogP contribution is -2.45. The Bertz CT molecular complexity index is 616. The molecular weight excluding hydrogens is 303 g/mol. The normalized spacial score (nSPS) is 25.8. The van der Waals surface area contributed by atoms with Crippen molar-refractivity contribution < 1.29 is 14.1 Å². The van der Waals surface area contributed by atoms with E-state index in [1.54, 1.807) is 6.20 Å². The molecule has 1 aromatic heterocycles. The van der Waals surface area contributed by atoms with Gasteiger partial charge in [0.1, 0.15) is 5.69 Å². The second kappa shape index (κ2) is 6.15. The summed E-state index contributed by atoms with van der Waals surface area (Å²) in [5.74, 6) is 0.513. The Morgan fingerprint density at radius 1 is 1.29 bits per heavy atom. The van der Waals surface area contributed by atoms with Crippen LogP contribution in [0.15, 0.2) is 18.3 Å². The Kier molecular flexibility index (Phi) is 4.47. The molecule has 0 spiro atoms. The van der Waals surface area contributed by atoms with E-state index in [4.69, 9.17) is 9.31 Å². The molecule has 1 unspecified atom stereocenters. The van der Waals surface area contributed by atoms with Crippen molar-refractivity contribution in [3.05, 3.63) is 24.0 Å². The van der Waals surface area contributed by atoms with Gasteiger partial charge in [-0.15, -0.1) is 0 Å². The van der Waals surface area contributed by atoms with Crippen molar-refractivity contribution in [1.29, 1.82) is 0 Å². The third-order valence-corrected chi connectivity index (χ3v) is 5.49. The lowest BCUT2D eigenvalue weighted by molar-refractivity contribution is 0.00578. The van der Waals surface area contributed by atoms with E-state index in [1.165, 1.54) is 6.42 Å². The van der Waals surface area contributed by atoms with Crippen molar-refractivity contribution in [3.63, 3.8) is 0 Å². The quantitative estimate of drug-likeness (QED) is 0.781. The molecule has 0 bridgehead atoms. The van der Waals surface area contributed by atoms with Crippen molar-refractivity contribution in [2.24, 2.45) is 5.92 Å². The van der Waals surface area contributed by atoms with Gasteiger partial charge >= 0.3 is 7.12 Å². The van der Waals surface area contributed by atoms with Crippen LogP contribution in [-0.2, 0) is 9.31 Å². The zero-order valence-electron chi connectivity index (χ0n) is 15.3. The number of carbonyl (C=O) groups excluding carboxylic acids is 1. The molecule has 3 heterocycles. The number of likely N-dealkylation sites (tertiary alicyclic amines) is 1. The highest BCUT2D eigenvalue weighted by atomic mass is 16.7. The molecule has 5 nitrogen and oxygen atoms in total. The van der Waals surface area contributed by atoms with E-state index in [2.05, 4.69) is 11.9 Å². The molecule has 6 heteroatoms. The van der Waals surface area contributed by atoms with Gasteiger partial charge in [-0.3, -0.25) is 9.78 Å². The molecule has 2 aliphatic heterocycles. The van der Waals surface area contributed by atoms with Crippen LogP contribution in [0.25, 0.3) is 0 Å². The van der Waals surface area contributed by atoms with Gasteiger partial charge in [0.05, 0.1) is 11.2 Å². The lowest BCUT2D eigenvalue weighted by atomic mass is 9.77. The first kappa shape index (κ1) is 17.4. The van der Waals surface area contributed by atoms with E-state index >= 15 is 0 Å². The molecule has 0 aromatic carbocycles. The summed E-state index contributed by atoms with van der Waals surface area (Å²) in [6.45, 7) is 11.8. The Hall–Kier alpha value is -1.40. The van der Waals surface area contributed by atoms with Crippen molar-refractivity contribution in [2.75, 3.05) is 13.1 Å². The molecule has 0 aliphatic carbocycles. The van der Waals surface area contributed by atoms with E-state index in [1.807, 2.05) is 44.7 Å². The van der Waals surface area contributed by atoms with Crippen molar-refractivity contribution >= 4 is 18.5 Å². The molecule has 0 radical (unpaired) electrons. The molecule has 2 saturated heterocycles. The Labute approximate surface area is 144 Å². The topological polar surface area (TPSA) is 51.7 Å². The van der Waals surface area contributed by atoms with Crippen LogP contribution in [0.2, 0.25) is 0 Å². The monoisotopic (exact) mass is 330 g/mol. The highest BCUT2D eigenvalue weighted by Crippen LogP contribution is 2.36. The van der Waals surface area contributed by atoms with Crippen LogP contribution in [-0.4, -0.2) is 47.2 Å². The summed E-state index contributed by atoms with van der Waals surface area (Å²) in [4.78, 5) is 19.3. The third kappa shape index (κ3) is 3.09. The number of rotatable bonds is 2. The lowest BCUT2D eigenvalue weighted by Gasteiger charge is -2.32. The molecular formula is C18H27BN2O3. The maximum atomic E-state index is 13.0. The van der Waals surface area contributed by atoms with E-state index in [0.717, 1.165) is 25.0 Å². The van der Waals surface area contributed by atoms with Crippen LogP contribution in [0.4, 0.5) is 0 Å². The maximum Gasteiger partial charge on any atom is 0.497 e. The molecule has 0 saturated carbocycles. The fourth-order valence-corrected chi connectivity index (χ4v) is 3.28. The van der Waals surface area contributed by atoms with Crippen LogP contribution in [0.3, 0.4) is 0 Å². The van der Waals surface area contributed by atoms with Crippen molar-refractivity contribution in [1.82, 2.24) is 9.88 Å². The number of carbonyl (C=O) groups is 1. The first-order valence-electron chi connectivity index (χ1n) is 8.81. The molecule has 2 aliphatic rings. The van der Waals surface area contributed by atoms with E-state index in [9.17, 15) is 4.79 Å². The molecule has 1 atom stereocenters. The van der Waals surface area contributed by atoms with Crippen LogP contribution < -0.4 is 5.46 Å². The van der Waals surface area contributed by atoms with Gasteiger partial charge < -0.3 is 14.2 Å². The van der Waals surface area contributed by atoms with Gasteiger partial charge in [0.15, 0.2) is 0 Å². The van der Waals surface area contributed by atoms with Gasteiger partial charge in [0.25, 0.3) is 5.91 Å². The van der Waals surface area contributed by atoms with Gasteiger partial charge in [-0.2, -0.15) is 0 Å². The molecule has 2 fully saturated rings. The van der Waals surface area contributed by atoms with Crippen LogP contribution in [0.5, 0.6) is 0 Å². The first-order valence-corrected chi connectivity index (χ1v) is 8.81. The second-order valence-corrected chi connectivity index (χ2v) is 8.03. The van der Waals surface area contributed by atoms with Gasteiger partial charge in [0.2, 0.25) is 0 Å². The van der Waals surface area contributed by atoms with Crippen molar-refractivity contribution in [2.45, 2.75) is 58.7 Å². The zero-order valence-corrected chi connectivity index (χ0v) is 15.3. The predicted molar refractivity (Wildman–Crippen MR) is 94.3 cm³/mol. The van der Waals surface area contributed by atoms with E-state index < -0.39 is 18.3 Å². The summed E-state index contributed by atoms with van der Waals surface area (Å²) in [5, 5.41) is 0. The standard InChI is InChI=1S/C18H27BN2O3/c1-13-8-7-11-21(12-13)16(22)15-14(9-6-10-20-15)19-23-17(2,3)18(4,5)24-19/h6,9-10,13H,7-8,11-12H2,1-5H3.